The van der Waals surface area contributed by atoms with Crippen LogP contribution in [-0.4, -0.2) is 59.4 Å². The lowest BCUT2D eigenvalue weighted by Crippen LogP contribution is -2.47. The zero-order chi connectivity index (χ0) is 28.6. The first-order chi connectivity index (χ1) is 17.2. The van der Waals surface area contributed by atoms with Gasteiger partial charge in [-0.1, -0.05) is 77.1 Å². The summed E-state index contributed by atoms with van der Waals surface area (Å²) in [4.78, 5) is 38.5. The second-order valence-corrected chi connectivity index (χ2v) is 12.5. The van der Waals surface area contributed by atoms with Crippen molar-refractivity contribution in [1.29, 1.82) is 0 Å². The highest BCUT2D eigenvalue weighted by Crippen LogP contribution is 2.42. The molecule has 1 aromatic carbocycles. The van der Waals surface area contributed by atoms with Crippen molar-refractivity contribution in [2.24, 2.45) is 17.8 Å². The topological polar surface area (TPSA) is 75.7 Å². The molecule has 2 atom stereocenters. The van der Waals surface area contributed by atoms with E-state index in [1.54, 1.807) is 43.6 Å². The molecule has 1 unspecified atom stereocenters. The van der Waals surface area contributed by atoms with Crippen molar-refractivity contribution < 1.29 is 19.1 Å². The molecule has 0 bridgehead atoms. The average Bonchev–Trinajstić information content (AvgIpc) is 3.20. The fourth-order valence-corrected chi connectivity index (χ4v) is 4.92. The van der Waals surface area contributed by atoms with E-state index >= 15 is 0 Å². The van der Waals surface area contributed by atoms with Crippen molar-refractivity contribution in [2.75, 3.05) is 26.0 Å². The Morgan fingerprint density at radius 2 is 1.54 bits per heavy atom. The second-order valence-electron chi connectivity index (χ2n) is 10.7. The molecule has 2 amide bonds. The number of hydrogen-bond acceptors (Lipinski definition) is 5. The van der Waals surface area contributed by atoms with Crippen molar-refractivity contribution in [3.63, 3.8) is 0 Å². The van der Waals surface area contributed by atoms with E-state index in [1.807, 2.05) is 50.2 Å². The Hall–Kier alpha value is -2.28. The number of likely N-dealkylation sites (N-methyl/N-ethyl adjacent to an activating group) is 1. The van der Waals surface area contributed by atoms with Crippen LogP contribution >= 0.6 is 11.8 Å². The lowest BCUT2D eigenvalue weighted by Gasteiger charge is -2.30. The lowest BCUT2D eigenvalue weighted by molar-refractivity contribution is -0.138. The summed E-state index contributed by atoms with van der Waals surface area (Å²) in [5.74, 6) is 1.21. The molecule has 7 heteroatoms. The van der Waals surface area contributed by atoms with Gasteiger partial charge < -0.3 is 15.0 Å². The van der Waals surface area contributed by atoms with Gasteiger partial charge in [-0.2, -0.15) is 11.8 Å². The number of nitrogens with one attached hydrogen (secondary N) is 1. The van der Waals surface area contributed by atoms with Crippen LogP contribution in [0.5, 0.6) is 0 Å². The van der Waals surface area contributed by atoms with E-state index in [1.165, 1.54) is 0 Å². The number of hydrogen-bond donors (Lipinski definition) is 1. The minimum Gasteiger partial charge on any atom is -0.463 e. The van der Waals surface area contributed by atoms with E-state index in [0.717, 1.165) is 18.1 Å². The molecule has 1 aliphatic rings. The maximum Gasteiger partial charge on any atom is 0.333 e. The maximum atomic E-state index is 12.6. The van der Waals surface area contributed by atoms with Crippen molar-refractivity contribution in [3.8, 4) is 0 Å². The number of nitrogens with zero attached hydrogens (tertiary/aromatic N) is 1. The second kappa shape index (κ2) is 18.1. The minimum atomic E-state index is -0.377. The van der Waals surface area contributed by atoms with Crippen LogP contribution < -0.4 is 5.32 Å². The van der Waals surface area contributed by atoms with Gasteiger partial charge in [0, 0.05) is 17.4 Å². The normalized spacial score (nSPS) is 17.1. The predicted molar refractivity (Wildman–Crippen MR) is 156 cm³/mol. The van der Waals surface area contributed by atoms with Crippen LogP contribution in [0.15, 0.2) is 48.0 Å². The number of thioether (sulfide) groups is 1. The Morgan fingerprint density at radius 3 is 1.92 bits per heavy atom. The highest BCUT2D eigenvalue weighted by Gasteiger charge is 2.40. The SMILES string of the molecule is CC(C)C.CCOC(=O)/C(C)=C/[C@H](C(C)C)N(C)C(=O)CNC(=O)C1CCSC1(C)C.c1ccccc1. The summed E-state index contributed by atoms with van der Waals surface area (Å²) in [5.41, 5.74) is 0.476. The molecular formula is C30H50N2O4S. The Balaban J connectivity index is 0.00000107. The molecule has 2 rings (SSSR count). The van der Waals surface area contributed by atoms with Crippen LogP contribution in [0.3, 0.4) is 0 Å². The summed E-state index contributed by atoms with van der Waals surface area (Å²) >= 11 is 1.79. The molecule has 1 heterocycles. The molecule has 1 aromatic rings. The molecule has 0 radical (unpaired) electrons. The smallest absolute Gasteiger partial charge is 0.333 e. The third-order valence-corrected chi connectivity index (χ3v) is 7.13. The van der Waals surface area contributed by atoms with Gasteiger partial charge in [-0.15, -0.1) is 0 Å². The van der Waals surface area contributed by atoms with Crippen LogP contribution in [0, 0.1) is 17.8 Å². The molecule has 1 saturated heterocycles. The lowest BCUT2D eigenvalue weighted by atomic mass is 9.92. The van der Waals surface area contributed by atoms with E-state index in [-0.39, 0.29) is 47.0 Å². The minimum absolute atomic E-state index is 0.0396. The predicted octanol–water partition coefficient (Wildman–Crippen LogP) is 5.98. The Labute approximate surface area is 230 Å². The van der Waals surface area contributed by atoms with Crippen LogP contribution in [0.2, 0.25) is 0 Å². The number of rotatable bonds is 8. The van der Waals surface area contributed by atoms with Gasteiger partial charge in [0.2, 0.25) is 11.8 Å². The van der Waals surface area contributed by atoms with Crippen molar-refractivity contribution in [2.45, 2.75) is 79.5 Å². The van der Waals surface area contributed by atoms with Gasteiger partial charge in [-0.3, -0.25) is 9.59 Å². The first-order valence-electron chi connectivity index (χ1n) is 13.3. The van der Waals surface area contributed by atoms with Crippen LogP contribution in [0.1, 0.15) is 68.7 Å². The zero-order valence-electron chi connectivity index (χ0n) is 24.7. The Kier molecular flexibility index (Phi) is 16.9. The number of amides is 2. The fourth-order valence-electron chi connectivity index (χ4n) is 3.62. The average molecular weight is 535 g/mol. The number of benzene rings is 1. The standard InChI is InChI=1S/C20H34N2O4S.C6H6.C4H10/c1-8-26-19(25)14(4)11-16(13(2)3)22(7)17(23)12-21-18(24)15-9-10-27-20(15,5)6;1-2-4-6-5-3-1;1-4(2)3/h11,13,15-16H,8-10,12H2,1-7H3,(H,21,24);1-6H;4H,1-3H3/b14-11+;;/t15?,16-;;/m1../s1. The van der Waals surface area contributed by atoms with E-state index < -0.39 is 0 Å². The summed E-state index contributed by atoms with van der Waals surface area (Å²) in [6, 6.07) is 11.7. The molecule has 6 nitrogen and oxygen atoms in total. The van der Waals surface area contributed by atoms with Crippen LogP contribution in [0.25, 0.3) is 0 Å². The molecule has 0 aromatic heterocycles. The van der Waals surface area contributed by atoms with E-state index in [0.29, 0.717) is 12.2 Å². The van der Waals surface area contributed by atoms with Gasteiger partial charge >= 0.3 is 5.97 Å². The molecule has 0 aliphatic carbocycles. The summed E-state index contributed by atoms with van der Waals surface area (Å²) in [5, 5.41) is 2.80. The molecule has 210 valence electrons. The molecule has 1 fully saturated rings. The third kappa shape index (κ3) is 14.3. The molecule has 0 spiro atoms. The van der Waals surface area contributed by atoms with Gasteiger partial charge in [0.25, 0.3) is 0 Å². The maximum absolute atomic E-state index is 12.6. The van der Waals surface area contributed by atoms with Crippen molar-refractivity contribution in [3.05, 3.63) is 48.0 Å². The van der Waals surface area contributed by atoms with Gasteiger partial charge in [-0.25, -0.2) is 4.79 Å². The van der Waals surface area contributed by atoms with Crippen LogP contribution in [-0.2, 0) is 19.1 Å². The summed E-state index contributed by atoms with van der Waals surface area (Å²) in [6.45, 7) is 18.3. The zero-order valence-corrected chi connectivity index (χ0v) is 25.5. The number of carbonyl (C=O) groups is 3. The number of esters is 1. The van der Waals surface area contributed by atoms with E-state index in [4.69, 9.17) is 4.74 Å². The summed E-state index contributed by atoms with van der Waals surface area (Å²) in [6.07, 6.45) is 2.60. The van der Waals surface area contributed by atoms with Gasteiger partial charge in [0.15, 0.2) is 0 Å². The third-order valence-electron chi connectivity index (χ3n) is 5.66. The van der Waals surface area contributed by atoms with Crippen molar-refractivity contribution in [1.82, 2.24) is 10.2 Å². The molecular weight excluding hydrogens is 484 g/mol. The Bertz CT molecular complexity index is 808. The van der Waals surface area contributed by atoms with E-state index in [9.17, 15) is 14.4 Å². The molecule has 1 aliphatic heterocycles. The first kappa shape index (κ1) is 34.7. The highest BCUT2D eigenvalue weighted by atomic mass is 32.2. The molecule has 37 heavy (non-hydrogen) atoms. The monoisotopic (exact) mass is 534 g/mol. The van der Waals surface area contributed by atoms with Gasteiger partial charge in [0.05, 0.1) is 25.1 Å². The summed E-state index contributed by atoms with van der Waals surface area (Å²) < 4.78 is 4.91. The quantitative estimate of drug-likeness (QED) is 0.328. The first-order valence-corrected chi connectivity index (χ1v) is 14.3. The van der Waals surface area contributed by atoms with Gasteiger partial charge in [-0.05, 0) is 51.7 Å². The Morgan fingerprint density at radius 1 is 1.05 bits per heavy atom. The largest absolute Gasteiger partial charge is 0.463 e. The van der Waals surface area contributed by atoms with Crippen LogP contribution in [0.4, 0.5) is 0 Å². The fraction of sp³-hybridized carbons (Fsp3) is 0.633. The van der Waals surface area contributed by atoms with Crippen molar-refractivity contribution >= 4 is 29.5 Å². The molecule has 1 N–H and O–H groups in total. The highest BCUT2D eigenvalue weighted by molar-refractivity contribution is 8.00. The summed E-state index contributed by atoms with van der Waals surface area (Å²) in [7, 11) is 1.70. The van der Waals surface area contributed by atoms with Gasteiger partial charge in [0.1, 0.15) is 0 Å². The number of ether oxygens (including phenoxy) is 1. The molecule has 0 saturated carbocycles. The van der Waals surface area contributed by atoms with E-state index in [2.05, 4.69) is 39.9 Å². The number of carbonyl (C=O) groups excluding carboxylic acids is 3.